The van der Waals surface area contributed by atoms with E-state index in [4.69, 9.17) is 4.74 Å². The first-order valence-corrected chi connectivity index (χ1v) is 7.93. The van der Waals surface area contributed by atoms with Gasteiger partial charge in [-0.2, -0.15) is 0 Å². The summed E-state index contributed by atoms with van der Waals surface area (Å²) in [7, 11) is 2.24. The van der Waals surface area contributed by atoms with Crippen LogP contribution >= 0.6 is 0 Å². The molecule has 4 heteroatoms. The second-order valence-corrected chi connectivity index (χ2v) is 6.41. The zero-order valence-corrected chi connectivity index (χ0v) is 12.8. The lowest BCUT2D eigenvalue weighted by atomic mass is 9.86. The Hall–Kier alpha value is -0.160. The van der Waals surface area contributed by atoms with Gasteiger partial charge >= 0.3 is 0 Å². The molecule has 2 saturated heterocycles. The molecule has 2 heterocycles. The molecule has 1 atom stereocenters. The standard InChI is InChI=1S/C15H31N3O/c1-3-6-16-12-15(5-11-19-14-15)13-18-8-4-7-17(2)9-10-18/h16H,3-14H2,1-2H3. The molecule has 1 N–H and O–H groups in total. The molecule has 112 valence electrons. The summed E-state index contributed by atoms with van der Waals surface area (Å²) in [6, 6.07) is 0. The minimum absolute atomic E-state index is 0.359. The highest BCUT2D eigenvalue weighted by molar-refractivity contribution is 4.89. The molecule has 0 saturated carbocycles. The summed E-state index contributed by atoms with van der Waals surface area (Å²) in [6.45, 7) is 12.5. The highest BCUT2D eigenvalue weighted by Crippen LogP contribution is 2.29. The van der Waals surface area contributed by atoms with E-state index in [1.807, 2.05) is 0 Å². The van der Waals surface area contributed by atoms with Crippen molar-refractivity contribution in [2.45, 2.75) is 26.2 Å². The second kappa shape index (κ2) is 7.58. The summed E-state index contributed by atoms with van der Waals surface area (Å²) in [6.07, 6.45) is 3.73. The normalized spacial score (nSPS) is 30.6. The summed E-state index contributed by atoms with van der Waals surface area (Å²) >= 11 is 0. The predicted molar refractivity (Wildman–Crippen MR) is 79.6 cm³/mol. The summed E-state index contributed by atoms with van der Waals surface area (Å²) in [5, 5.41) is 3.61. The molecule has 0 bridgehead atoms. The van der Waals surface area contributed by atoms with Crippen molar-refractivity contribution in [3.8, 4) is 0 Å². The number of hydrogen-bond donors (Lipinski definition) is 1. The van der Waals surface area contributed by atoms with Crippen molar-refractivity contribution in [2.75, 3.05) is 66.1 Å². The molecule has 2 fully saturated rings. The Morgan fingerprint density at radius 3 is 2.84 bits per heavy atom. The summed E-state index contributed by atoms with van der Waals surface area (Å²) in [5.41, 5.74) is 0.359. The Balaban J connectivity index is 1.84. The van der Waals surface area contributed by atoms with Gasteiger partial charge in [0, 0.05) is 38.2 Å². The number of likely N-dealkylation sites (N-methyl/N-ethyl adjacent to an activating group) is 1. The number of ether oxygens (including phenoxy) is 1. The second-order valence-electron chi connectivity index (χ2n) is 6.41. The van der Waals surface area contributed by atoms with Crippen LogP contribution in [0.2, 0.25) is 0 Å². The topological polar surface area (TPSA) is 27.7 Å². The summed E-state index contributed by atoms with van der Waals surface area (Å²) in [5.74, 6) is 0. The maximum Gasteiger partial charge on any atom is 0.0547 e. The van der Waals surface area contributed by atoms with Crippen LogP contribution in [0.15, 0.2) is 0 Å². The van der Waals surface area contributed by atoms with Crippen LogP contribution in [0.3, 0.4) is 0 Å². The molecule has 2 aliphatic heterocycles. The quantitative estimate of drug-likeness (QED) is 0.729. The molecule has 1 unspecified atom stereocenters. The molecule has 0 amide bonds. The lowest BCUT2D eigenvalue weighted by Crippen LogP contribution is -2.45. The Labute approximate surface area is 118 Å². The maximum atomic E-state index is 5.71. The van der Waals surface area contributed by atoms with Crippen LogP contribution in [-0.4, -0.2) is 75.9 Å². The Morgan fingerprint density at radius 1 is 1.21 bits per heavy atom. The fourth-order valence-electron chi connectivity index (χ4n) is 3.23. The first-order valence-electron chi connectivity index (χ1n) is 7.93. The van der Waals surface area contributed by atoms with E-state index in [1.54, 1.807) is 0 Å². The van der Waals surface area contributed by atoms with E-state index in [2.05, 4.69) is 29.1 Å². The van der Waals surface area contributed by atoms with Crippen LogP contribution in [0.1, 0.15) is 26.2 Å². The first-order chi connectivity index (χ1) is 9.24. The van der Waals surface area contributed by atoms with Gasteiger partial charge in [-0.15, -0.1) is 0 Å². The molecule has 2 aliphatic rings. The van der Waals surface area contributed by atoms with E-state index < -0.39 is 0 Å². The van der Waals surface area contributed by atoms with E-state index in [0.717, 1.165) is 26.3 Å². The van der Waals surface area contributed by atoms with Crippen molar-refractivity contribution < 1.29 is 4.74 Å². The fourth-order valence-corrected chi connectivity index (χ4v) is 3.23. The largest absolute Gasteiger partial charge is 0.381 e. The van der Waals surface area contributed by atoms with Crippen LogP contribution in [0.25, 0.3) is 0 Å². The van der Waals surface area contributed by atoms with E-state index in [-0.39, 0.29) is 0 Å². The smallest absolute Gasteiger partial charge is 0.0547 e. The van der Waals surface area contributed by atoms with Crippen LogP contribution in [0.5, 0.6) is 0 Å². The number of rotatable bonds is 6. The van der Waals surface area contributed by atoms with Gasteiger partial charge in [-0.25, -0.2) is 0 Å². The van der Waals surface area contributed by atoms with Gasteiger partial charge in [-0.1, -0.05) is 6.92 Å². The number of nitrogens with zero attached hydrogens (tertiary/aromatic N) is 2. The Kier molecular flexibility index (Phi) is 6.07. The minimum Gasteiger partial charge on any atom is -0.381 e. The van der Waals surface area contributed by atoms with Crippen LogP contribution < -0.4 is 5.32 Å². The number of nitrogens with one attached hydrogen (secondary N) is 1. The first kappa shape index (κ1) is 15.2. The summed E-state index contributed by atoms with van der Waals surface area (Å²) < 4.78 is 5.71. The average molecular weight is 269 g/mol. The predicted octanol–water partition coefficient (Wildman–Crippen LogP) is 1.03. The highest BCUT2D eigenvalue weighted by Gasteiger charge is 2.36. The van der Waals surface area contributed by atoms with Gasteiger partial charge in [-0.3, -0.25) is 0 Å². The summed E-state index contributed by atoms with van der Waals surface area (Å²) in [4.78, 5) is 5.11. The molecule has 0 aliphatic carbocycles. The third-order valence-corrected chi connectivity index (χ3v) is 4.48. The van der Waals surface area contributed by atoms with Gasteiger partial charge in [0.2, 0.25) is 0 Å². The molecular weight excluding hydrogens is 238 g/mol. The third kappa shape index (κ3) is 4.71. The molecule has 0 spiro atoms. The van der Waals surface area contributed by atoms with Crippen LogP contribution in [0.4, 0.5) is 0 Å². The van der Waals surface area contributed by atoms with Gasteiger partial charge in [0.25, 0.3) is 0 Å². The maximum absolute atomic E-state index is 5.71. The van der Waals surface area contributed by atoms with Crippen LogP contribution in [0, 0.1) is 5.41 Å². The zero-order valence-electron chi connectivity index (χ0n) is 12.8. The van der Waals surface area contributed by atoms with Gasteiger partial charge < -0.3 is 19.9 Å². The lowest BCUT2D eigenvalue weighted by molar-refractivity contribution is 0.110. The van der Waals surface area contributed by atoms with E-state index >= 15 is 0 Å². The van der Waals surface area contributed by atoms with E-state index in [1.165, 1.54) is 52.0 Å². The molecule has 0 aromatic rings. The molecule has 4 nitrogen and oxygen atoms in total. The zero-order chi connectivity index (χ0) is 13.6. The molecule has 19 heavy (non-hydrogen) atoms. The van der Waals surface area contributed by atoms with Gasteiger partial charge in [-0.05, 0) is 45.9 Å². The van der Waals surface area contributed by atoms with Gasteiger partial charge in [0.1, 0.15) is 0 Å². The molecule has 2 rings (SSSR count). The monoisotopic (exact) mass is 269 g/mol. The fraction of sp³-hybridized carbons (Fsp3) is 1.00. The van der Waals surface area contributed by atoms with Crippen molar-refractivity contribution >= 4 is 0 Å². The lowest BCUT2D eigenvalue weighted by Gasteiger charge is -2.34. The van der Waals surface area contributed by atoms with Crippen LogP contribution in [-0.2, 0) is 4.74 Å². The van der Waals surface area contributed by atoms with Gasteiger partial charge in [0.05, 0.1) is 6.61 Å². The van der Waals surface area contributed by atoms with E-state index in [9.17, 15) is 0 Å². The minimum atomic E-state index is 0.359. The van der Waals surface area contributed by atoms with E-state index in [0.29, 0.717) is 5.41 Å². The Morgan fingerprint density at radius 2 is 2.11 bits per heavy atom. The van der Waals surface area contributed by atoms with Crippen molar-refractivity contribution in [2.24, 2.45) is 5.41 Å². The van der Waals surface area contributed by atoms with Crippen molar-refractivity contribution in [1.29, 1.82) is 0 Å². The average Bonchev–Trinajstić information content (AvgIpc) is 2.75. The van der Waals surface area contributed by atoms with Crippen molar-refractivity contribution in [3.63, 3.8) is 0 Å². The SMILES string of the molecule is CCCNCC1(CN2CCCN(C)CC2)CCOC1. The van der Waals surface area contributed by atoms with Crippen molar-refractivity contribution in [1.82, 2.24) is 15.1 Å². The third-order valence-electron chi connectivity index (χ3n) is 4.48. The molecule has 0 aromatic carbocycles. The molecule has 0 aromatic heterocycles. The number of hydrogen-bond acceptors (Lipinski definition) is 4. The van der Waals surface area contributed by atoms with Crippen molar-refractivity contribution in [3.05, 3.63) is 0 Å². The van der Waals surface area contributed by atoms with Gasteiger partial charge in [0.15, 0.2) is 0 Å². The molecular formula is C15H31N3O. The Bertz CT molecular complexity index is 254. The highest BCUT2D eigenvalue weighted by atomic mass is 16.5. The molecule has 0 radical (unpaired) electrons.